The summed E-state index contributed by atoms with van der Waals surface area (Å²) in [6.07, 6.45) is -2.74. The first kappa shape index (κ1) is 21.3. The molecule has 0 unspecified atom stereocenters. The Bertz CT molecular complexity index is 1560. The van der Waals surface area contributed by atoms with Gasteiger partial charge in [-0.3, -0.25) is 19.5 Å². The molecule has 7 nitrogen and oxygen atoms in total. The van der Waals surface area contributed by atoms with Crippen LogP contribution in [0.4, 0.5) is 13.2 Å². The number of amides is 1. The number of thiazole rings is 1. The molecule has 0 radical (unpaired) electrons. The molecule has 0 aliphatic carbocycles. The largest absolute Gasteiger partial charge is 0.443 e. The first-order valence-electron chi connectivity index (χ1n) is 9.87. The van der Waals surface area contributed by atoms with E-state index in [9.17, 15) is 18.0 Å². The van der Waals surface area contributed by atoms with E-state index in [0.717, 1.165) is 32.5 Å². The molecule has 5 rings (SSSR count). The molecule has 168 valence electrons. The van der Waals surface area contributed by atoms with Gasteiger partial charge in [0.1, 0.15) is 0 Å². The van der Waals surface area contributed by atoms with Gasteiger partial charge in [0.05, 0.1) is 33.5 Å². The molecule has 3 aromatic heterocycles. The van der Waals surface area contributed by atoms with Gasteiger partial charge in [0.2, 0.25) is 0 Å². The Labute approximate surface area is 189 Å². The van der Waals surface area contributed by atoms with E-state index >= 15 is 0 Å². The number of pyridine rings is 1. The predicted octanol–water partition coefficient (Wildman–Crippen LogP) is 4.57. The average Bonchev–Trinajstić information content (AvgIpc) is 3.33. The number of benzene rings is 2. The van der Waals surface area contributed by atoms with E-state index in [1.54, 1.807) is 41.2 Å². The number of hydrazine groups is 1. The minimum Gasteiger partial charge on any atom is -0.272 e. The monoisotopic (exact) mass is 470 g/mol. The van der Waals surface area contributed by atoms with Gasteiger partial charge in [-0.25, -0.2) is 10.8 Å². The molecule has 0 fully saturated rings. The number of aryl methyl sites for hydroxylation is 2. The maximum absolute atomic E-state index is 13.0. The molecule has 0 saturated carbocycles. The minimum absolute atomic E-state index is 0.0271. The molecule has 5 aromatic rings. The zero-order valence-electron chi connectivity index (χ0n) is 17.5. The molecule has 1 amide bonds. The molecular formula is C22H17F3N6OS. The van der Waals surface area contributed by atoms with Crippen molar-refractivity contribution >= 4 is 49.3 Å². The van der Waals surface area contributed by atoms with Gasteiger partial charge in [-0.15, -0.1) is 11.3 Å². The number of hydrogen-bond acceptors (Lipinski definition) is 6. The lowest BCUT2D eigenvalue weighted by atomic mass is 10.1. The van der Waals surface area contributed by atoms with Gasteiger partial charge in [-0.05, 0) is 42.8 Å². The first-order chi connectivity index (χ1) is 15.6. The molecule has 0 saturated heterocycles. The van der Waals surface area contributed by atoms with Crippen LogP contribution in [0.5, 0.6) is 0 Å². The van der Waals surface area contributed by atoms with Crippen molar-refractivity contribution in [2.24, 2.45) is 12.9 Å². The third-order valence-corrected chi connectivity index (χ3v) is 6.47. The standard InChI is InChI=1S/C22H17F3N6OS/c1-11-15-9-27-16-6-4-13(8-14(16)19(15)30(2)29-11)20(32)31(26)10-12-3-5-17-18(7-12)33-21(28-17)22(23,24)25/h3-9H,10,26H2,1-2H3. The number of nitrogens with two attached hydrogens (primary N) is 1. The highest BCUT2D eigenvalue weighted by Crippen LogP contribution is 2.35. The summed E-state index contributed by atoms with van der Waals surface area (Å²) >= 11 is 0.560. The van der Waals surface area contributed by atoms with Gasteiger partial charge in [0.25, 0.3) is 5.91 Å². The molecule has 0 aliphatic rings. The van der Waals surface area contributed by atoms with Crippen molar-refractivity contribution in [1.82, 2.24) is 24.8 Å². The Hall–Kier alpha value is -3.57. The van der Waals surface area contributed by atoms with E-state index in [-0.39, 0.29) is 12.1 Å². The normalized spacial score (nSPS) is 12.2. The number of nitrogens with zero attached hydrogens (tertiary/aromatic N) is 5. The van der Waals surface area contributed by atoms with Gasteiger partial charge >= 0.3 is 6.18 Å². The fraction of sp³-hybridized carbons (Fsp3) is 0.182. The topological polar surface area (TPSA) is 89.9 Å². The second-order valence-electron chi connectivity index (χ2n) is 7.71. The van der Waals surface area contributed by atoms with Crippen LogP contribution in [0.3, 0.4) is 0 Å². The number of hydrogen-bond donors (Lipinski definition) is 1. The van der Waals surface area contributed by atoms with Crippen molar-refractivity contribution in [2.75, 3.05) is 0 Å². The molecular weight excluding hydrogens is 453 g/mol. The van der Waals surface area contributed by atoms with Gasteiger partial charge < -0.3 is 0 Å². The van der Waals surface area contributed by atoms with Crippen LogP contribution in [0.1, 0.15) is 26.6 Å². The van der Waals surface area contributed by atoms with Crippen LogP contribution in [-0.4, -0.2) is 30.7 Å². The van der Waals surface area contributed by atoms with Crippen LogP contribution in [-0.2, 0) is 19.8 Å². The van der Waals surface area contributed by atoms with Gasteiger partial charge in [0, 0.05) is 29.6 Å². The van der Waals surface area contributed by atoms with Crippen molar-refractivity contribution in [3.05, 3.63) is 64.4 Å². The Kier molecular flexibility index (Phi) is 4.83. The smallest absolute Gasteiger partial charge is 0.272 e. The Morgan fingerprint density at radius 3 is 2.67 bits per heavy atom. The second-order valence-corrected chi connectivity index (χ2v) is 8.74. The number of halogens is 3. The number of alkyl halides is 3. The van der Waals surface area contributed by atoms with Crippen LogP contribution in [0.25, 0.3) is 32.0 Å². The summed E-state index contributed by atoms with van der Waals surface area (Å²) in [5.74, 6) is 5.63. The number of fused-ring (bicyclic) bond motifs is 4. The number of rotatable bonds is 3. The second kappa shape index (κ2) is 7.49. The maximum Gasteiger partial charge on any atom is 0.443 e. The highest BCUT2D eigenvalue weighted by Gasteiger charge is 2.34. The fourth-order valence-electron chi connectivity index (χ4n) is 3.88. The van der Waals surface area contributed by atoms with Crippen LogP contribution >= 0.6 is 11.3 Å². The lowest BCUT2D eigenvalue weighted by Crippen LogP contribution is -2.36. The van der Waals surface area contributed by atoms with Crippen molar-refractivity contribution in [1.29, 1.82) is 0 Å². The molecule has 11 heteroatoms. The Morgan fingerprint density at radius 2 is 1.91 bits per heavy atom. The highest BCUT2D eigenvalue weighted by atomic mass is 32.1. The van der Waals surface area contributed by atoms with E-state index in [0.29, 0.717) is 27.2 Å². The third-order valence-electron chi connectivity index (χ3n) is 5.41. The summed E-state index contributed by atoms with van der Waals surface area (Å²) in [7, 11) is 1.83. The maximum atomic E-state index is 13.0. The summed E-state index contributed by atoms with van der Waals surface area (Å²) in [4.78, 5) is 21.1. The van der Waals surface area contributed by atoms with Crippen LogP contribution in [0, 0.1) is 6.92 Å². The van der Waals surface area contributed by atoms with Crippen molar-refractivity contribution < 1.29 is 18.0 Å². The summed E-state index contributed by atoms with van der Waals surface area (Å²) in [5.41, 5.74) is 3.66. The lowest BCUT2D eigenvalue weighted by Gasteiger charge is -2.17. The molecule has 2 aromatic carbocycles. The number of aromatic nitrogens is 4. The zero-order valence-corrected chi connectivity index (χ0v) is 18.3. The quantitative estimate of drug-likeness (QED) is 0.237. The van der Waals surface area contributed by atoms with E-state index in [2.05, 4.69) is 15.1 Å². The van der Waals surface area contributed by atoms with Crippen molar-refractivity contribution in [3.63, 3.8) is 0 Å². The predicted molar refractivity (Wildman–Crippen MR) is 119 cm³/mol. The van der Waals surface area contributed by atoms with Crippen LogP contribution in [0.2, 0.25) is 0 Å². The Balaban J connectivity index is 1.45. The lowest BCUT2D eigenvalue weighted by molar-refractivity contribution is -0.137. The summed E-state index contributed by atoms with van der Waals surface area (Å²) in [6.45, 7) is 1.92. The van der Waals surface area contributed by atoms with Crippen molar-refractivity contribution in [3.8, 4) is 0 Å². The van der Waals surface area contributed by atoms with Crippen molar-refractivity contribution in [2.45, 2.75) is 19.6 Å². The third kappa shape index (κ3) is 3.68. The molecule has 2 N–H and O–H groups in total. The van der Waals surface area contributed by atoms with E-state index < -0.39 is 17.1 Å². The fourth-order valence-corrected chi connectivity index (χ4v) is 4.77. The summed E-state index contributed by atoms with van der Waals surface area (Å²) < 4.78 is 40.9. The molecule has 3 heterocycles. The zero-order chi connectivity index (χ0) is 23.5. The average molecular weight is 470 g/mol. The van der Waals surface area contributed by atoms with E-state index in [1.807, 2.05) is 14.0 Å². The van der Waals surface area contributed by atoms with E-state index in [1.165, 1.54) is 6.07 Å². The molecule has 0 atom stereocenters. The molecule has 33 heavy (non-hydrogen) atoms. The molecule has 0 spiro atoms. The van der Waals surface area contributed by atoms with Gasteiger partial charge in [0.15, 0.2) is 5.01 Å². The highest BCUT2D eigenvalue weighted by molar-refractivity contribution is 7.18. The van der Waals surface area contributed by atoms with Crippen LogP contribution in [0.15, 0.2) is 42.6 Å². The van der Waals surface area contributed by atoms with Gasteiger partial charge in [-0.1, -0.05) is 6.07 Å². The molecule has 0 bridgehead atoms. The summed E-state index contributed by atoms with van der Waals surface area (Å²) in [5, 5.41) is 6.24. The van der Waals surface area contributed by atoms with E-state index in [4.69, 9.17) is 5.84 Å². The van der Waals surface area contributed by atoms with Gasteiger partial charge in [-0.2, -0.15) is 18.3 Å². The van der Waals surface area contributed by atoms with Crippen LogP contribution < -0.4 is 5.84 Å². The summed E-state index contributed by atoms with van der Waals surface area (Å²) in [6, 6.07) is 9.81. The number of carbonyl (C=O) groups excluding carboxylic acids is 1. The first-order valence-corrected chi connectivity index (χ1v) is 10.7. The Morgan fingerprint density at radius 1 is 1.15 bits per heavy atom. The molecule has 0 aliphatic heterocycles. The number of carbonyl (C=O) groups is 1. The SMILES string of the molecule is Cc1nn(C)c2c1cnc1ccc(C(=O)N(N)Cc3ccc4nc(C(F)(F)F)sc4c3)cc12. The minimum atomic E-state index is -4.50.